The average Bonchev–Trinajstić information content (AvgIpc) is 2.87. The molecule has 5 heteroatoms. The van der Waals surface area contributed by atoms with E-state index in [2.05, 4.69) is 48.8 Å². The third kappa shape index (κ3) is 2.33. The van der Waals surface area contributed by atoms with E-state index in [0.29, 0.717) is 11.4 Å². The van der Waals surface area contributed by atoms with E-state index in [4.69, 9.17) is 11.0 Å². The Kier molecular flexibility index (Phi) is 3.18. The lowest BCUT2D eigenvalue weighted by Gasteiger charge is -2.32. The molecule has 5 nitrogen and oxygen atoms in total. The molecule has 2 aliphatic rings. The first-order valence-corrected chi connectivity index (χ1v) is 7.22. The van der Waals surface area contributed by atoms with E-state index in [-0.39, 0.29) is 11.6 Å². The summed E-state index contributed by atoms with van der Waals surface area (Å²) >= 11 is 0. The lowest BCUT2D eigenvalue weighted by atomic mass is 9.85. The van der Waals surface area contributed by atoms with Gasteiger partial charge in [0.2, 0.25) is 0 Å². The van der Waals surface area contributed by atoms with E-state index in [0.717, 1.165) is 22.4 Å². The van der Waals surface area contributed by atoms with Gasteiger partial charge in [-0.05, 0) is 29.3 Å². The monoisotopic (exact) mass is 293 g/mol. The molecule has 112 valence electrons. The number of hydrogen-bond donors (Lipinski definition) is 3. The van der Waals surface area contributed by atoms with Crippen LogP contribution in [0.1, 0.15) is 31.9 Å². The first-order valence-electron chi connectivity index (χ1n) is 7.22. The second kappa shape index (κ2) is 4.92. The number of nitrogens with one attached hydrogen (secondary N) is 2. The number of benzene rings is 1. The van der Waals surface area contributed by atoms with Crippen molar-refractivity contribution in [2.75, 3.05) is 0 Å². The van der Waals surface area contributed by atoms with Crippen LogP contribution >= 0.6 is 0 Å². The molecule has 3 rings (SSSR count). The predicted molar refractivity (Wildman–Crippen MR) is 87.3 cm³/mol. The fourth-order valence-electron chi connectivity index (χ4n) is 2.62. The Balaban J connectivity index is 2.14. The maximum Gasteiger partial charge on any atom is 0.151 e. The number of hydrogen-bond acceptors (Lipinski definition) is 5. The average molecular weight is 293 g/mol. The first-order chi connectivity index (χ1) is 10.4. The van der Waals surface area contributed by atoms with Crippen LogP contribution in [0.2, 0.25) is 0 Å². The zero-order valence-corrected chi connectivity index (χ0v) is 12.9. The van der Waals surface area contributed by atoms with Gasteiger partial charge in [-0.3, -0.25) is 5.43 Å². The fraction of sp³-hybridized carbons (Fsp3) is 0.294. The Labute approximate surface area is 130 Å². The summed E-state index contributed by atoms with van der Waals surface area (Å²) < 4.78 is 0. The van der Waals surface area contributed by atoms with E-state index in [9.17, 15) is 0 Å². The molecule has 1 unspecified atom stereocenters. The van der Waals surface area contributed by atoms with Gasteiger partial charge in [0.25, 0.3) is 0 Å². The van der Waals surface area contributed by atoms with E-state index < -0.39 is 0 Å². The highest BCUT2D eigenvalue weighted by molar-refractivity contribution is 6.08. The molecule has 0 radical (unpaired) electrons. The van der Waals surface area contributed by atoms with Gasteiger partial charge in [0.15, 0.2) is 5.84 Å². The lowest BCUT2D eigenvalue weighted by Crippen LogP contribution is -2.44. The van der Waals surface area contributed by atoms with Crippen molar-refractivity contribution in [1.29, 1.82) is 5.26 Å². The number of allylic oxidation sites excluding steroid dienone is 3. The predicted octanol–water partition coefficient (Wildman–Crippen LogP) is 2.05. The van der Waals surface area contributed by atoms with E-state index in [1.807, 2.05) is 24.3 Å². The largest absolute Gasteiger partial charge is 0.382 e. The zero-order valence-electron chi connectivity index (χ0n) is 12.9. The van der Waals surface area contributed by atoms with Gasteiger partial charge >= 0.3 is 0 Å². The maximum atomic E-state index is 8.95. The number of nitriles is 1. The standard InChI is InChI=1S/C17H19N5/c1-17(2,3)13-8-12(11-6-4-10(9-18)5-7-11)14-15(19)21-22-16(14)20-13/h4-8,16,20,22H,1-3H3,(H2,19,21). The molecule has 2 heterocycles. The summed E-state index contributed by atoms with van der Waals surface area (Å²) in [5.74, 6) is 0.501. The minimum atomic E-state index is -0.107. The summed E-state index contributed by atoms with van der Waals surface area (Å²) in [6.07, 6.45) is 2.02. The van der Waals surface area contributed by atoms with Crippen LogP contribution in [-0.4, -0.2) is 12.0 Å². The molecule has 1 aromatic carbocycles. The molecule has 2 aliphatic heterocycles. The molecule has 0 fully saturated rings. The fourth-order valence-corrected chi connectivity index (χ4v) is 2.62. The van der Waals surface area contributed by atoms with Crippen molar-refractivity contribution < 1.29 is 0 Å². The van der Waals surface area contributed by atoms with Crippen molar-refractivity contribution in [1.82, 2.24) is 10.7 Å². The molecule has 0 saturated carbocycles. The molecular weight excluding hydrogens is 274 g/mol. The highest BCUT2D eigenvalue weighted by Crippen LogP contribution is 2.34. The van der Waals surface area contributed by atoms with Gasteiger partial charge in [-0.25, -0.2) is 0 Å². The third-order valence-electron chi connectivity index (χ3n) is 3.89. The highest BCUT2D eigenvalue weighted by Gasteiger charge is 2.33. The summed E-state index contributed by atoms with van der Waals surface area (Å²) in [7, 11) is 0. The molecule has 0 amide bonds. The maximum absolute atomic E-state index is 8.95. The van der Waals surface area contributed by atoms with Crippen LogP contribution in [0, 0.1) is 16.7 Å². The van der Waals surface area contributed by atoms with Crippen LogP contribution in [-0.2, 0) is 0 Å². The summed E-state index contributed by atoms with van der Waals surface area (Å²) in [4.78, 5) is 0. The smallest absolute Gasteiger partial charge is 0.151 e. The molecule has 0 bridgehead atoms. The van der Waals surface area contributed by atoms with Crippen LogP contribution in [0.25, 0.3) is 5.57 Å². The lowest BCUT2D eigenvalue weighted by molar-refractivity contribution is 0.424. The van der Waals surface area contributed by atoms with Crippen molar-refractivity contribution in [3.63, 3.8) is 0 Å². The second-order valence-electron chi connectivity index (χ2n) is 6.53. The van der Waals surface area contributed by atoms with Gasteiger partial charge in [0.05, 0.1) is 11.6 Å². The topological polar surface area (TPSA) is 86.2 Å². The Morgan fingerprint density at radius 2 is 1.91 bits per heavy atom. The Morgan fingerprint density at radius 3 is 2.50 bits per heavy atom. The molecule has 1 atom stereocenters. The third-order valence-corrected chi connectivity index (χ3v) is 3.89. The number of amidine groups is 1. The molecular formula is C17H19N5. The summed E-state index contributed by atoms with van der Waals surface area (Å²) in [5.41, 5.74) is 13.9. The number of nitrogens with two attached hydrogens (primary N) is 1. The van der Waals surface area contributed by atoms with Crippen LogP contribution in [0.5, 0.6) is 0 Å². The minimum Gasteiger partial charge on any atom is -0.382 e. The SMILES string of the molecule is CC(C)(C)C1=CC(c2ccc(C#N)cc2)=C2C(N)=NNC2N1. The minimum absolute atomic E-state index is 0.0115. The first kappa shape index (κ1) is 14.2. The Bertz CT molecular complexity index is 739. The second-order valence-corrected chi connectivity index (χ2v) is 6.53. The van der Waals surface area contributed by atoms with Crippen LogP contribution in [0.3, 0.4) is 0 Å². The number of nitrogens with zero attached hydrogens (tertiary/aromatic N) is 2. The Hall–Kier alpha value is -2.74. The Morgan fingerprint density at radius 1 is 1.23 bits per heavy atom. The summed E-state index contributed by atoms with van der Waals surface area (Å²) in [6, 6.07) is 9.68. The number of hydrazone groups is 1. The molecule has 22 heavy (non-hydrogen) atoms. The van der Waals surface area contributed by atoms with Gasteiger partial charge in [0.1, 0.15) is 6.17 Å². The van der Waals surface area contributed by atoms with Crippen molar-refractivity contribution >= 4 is 11.4 Å². The van der Waals surface area contributed by atoms with Gasteiger partial charge in [-0.1, -0.05) is 32.9 Å². The van der Waals surface area contributed by atoms with Crippen molar-refractivity contribution in [2.45, 2.75) is 26.9 Å². The van der Waals surface area contributed by atoms with Gasteiger partial charge in [0, 0.05) is 16.7 Å². The molecule has 0 aromatic heterocycles. The van der Waals surface area contributed by atoms with E-state index >= 15 is 0 Å². The quantitative estimate of drug-likeness (QED) is 0.739. The van der Waals surface area contributed by atoms with Crippen molar-refractivity contribution in [3.05, 3.63) is 52.7 Å². The highest BCUT2D eigenvalue weighted by atomic mass is 15.4. The molecule has 0 spiro atoms. The normalized spacial score (nSPS) is 20.4. The number of rotatable bonds is 1. The molecule has 4 N–H and O–H groups in total. The summed E-state index contributed by atoms with van der Waals surface area (Å²) in [5, 5.41) is 16.5. The molecule has 0 aliphatic carbocycles. The molecule has 1 aromatic rings. The van der Waals surface area contributed by atoms with Gasteiger partial charge in [-0.15, -0.1) is 0 Å². The number of dihydropyridines is 1. The number of fused-ring (bicyclic) bond motifs is 1. The van der Waals surface area contributed by atoms with Crippen LogP contribution in [0.4, 0.5) is 0 Å². The van der Waals surface area contributed by atoms with Crippen molar-refractivity contribution in [3.8, 4) is 6.07 Å². The van der Waals surface area contributed by atoms with Crippen LogP contribution in [0.15, 0.2) is 46.7 Å². The van der Waals surface area contributed by atoms with Crippen molar-refractivity contribution in [2.24, 2.45) is 16.3 Å². The zero-order chi connectivity index (χ0) is 15.9. The summed E-state index contributed by atoms with van der Waals surface area (Å²) in [6.45, 7) is 6.48. The van der Waals surface area contributed by atoms with Gasteiger partial charge < -0.3 is 11.1 Å². The van der Waals surface area contributed by atoms with Gasteiger partial charge in [-0.2, -0.15) is 10.4 Å². The van der Waals surface area contributed by atoms with E-state index in [1.54, 1.807) is 0 Å². The van der Waals surface area contributed by atoms with Crippen LogP contribution < -0.4 is 16.5 Å². The molecule has 0 saturated heterocycles. The van der Waals surface area contributed by atoms with E-state index in [1.165, 1.54) is 0 Å².